The third kappa shape index (κ3) is 6.46. The van der Waals surface area contributed by atoms with Crippen molar-refractivity contribution < 1.29 is 29.5 Å². The maximum Gasteiger partial charge on any atom is 0.343 e. The minimum Gasteiger partial charge on any atom is -0.508 e. The van der Waals surface area contributed by atoms with E-state index in [4.69, 9.17) is 9.84 Å². The Labute approximate surface area is 214 Å². The van der Waals surface area contributed by atoms with Crippen molar-refractivity contribution >= 4 is 40.4 Å². The van der Waals surface area contributed by atoms with E-state index in [1.165, 1.54) is 66.7 Å². The number of carbonyl (C=O) groups is 2. The van der Waals surface area contributed by atoms with Crippen molar-refractivity contribution in [3.05, 3.63) is 112 Å². The Morgan fingerprint density at radius 1 is 0.711 bits per heavy atom. The van der Waals surface area contributed by atoms with E-state index < -0.39 is 16.9 Å². The van der Waals surface area contributed by atoms with Crippen LogP contribution < -0.4 is 4.74 Å². The minimum atomic E-state index is -1.12. The third-order valence-electron chi connectivity index (χ3n) is 4.98. The molecule has 0 saturated carbocycles. The molecule has 0 unspecified atom stereocenters. The number of phenolic OH excluding ortho intramolecular Hbond substituents is 1. The zero-order valence-electron chi connectivity index (χ0n) is 19.3. The summed E-state index contributed by atoms with van der Waals surface area (Å²) in [6, 6.07) is 21.3. The summed E-state index contributed by atoms with van der Waals surface area (Å²) >= 11 is 0. The average Bonchev–Trinajstić information content (AvgIpc) is 2.92. The topological polar surface area (TPSA) is 176 Å². The lowest BCUT2D eigenvalue weighted by molar-refractivity contribution is -0.384. The highest BCUT2D eigenvalue weighted by molar-refractivity contribution is 5.94. The molecule has 0 bridgehead atoms. The molecule has 0 spiro atoms. The predicted molar refractivity (Wildman–Crippen MR) is 134 cm³/mol. The first-order valence-electron chi connectivity index (χ1n) is 10.8. The van der Waals surface area contributed by atoms with E-state index in [0.717, 1.165) is 0 Å². The number of aromatic hydroxyl groups is 1. The lowest BCUT2D eigenvalue weighted by Crippen LogP contribution is -2.09. The Hall–Kier alpha value is -5.78. The van der Waals surface area contributed by atoms with Gasteiger partial charge in [-0.1, -0.05) is 0 Å². The molecule has 2 N–H and O–H groups in total. The van der Waals surface area contributed by atoms with Crippen LogP contribution >= 0.6 is 0 Å². The molecular weight excluding hydrogens is 494 g/mol. The van der Waals surface area contributed by atoms with Crippen molar-refractivity contribution in [3.8, 4) is 11.5 Å². The lowest BCUT2D eigenvalue weighted by Gasteiger charge is -2.07. The predicted octanol–water partition coefficient (Wildman–Crippen LogP) is 7.05. The number of rotatable bonds is 8. The Kier molecular flexibility index (Phi) is 7.53. The van der Waals surface area contributed by atoms with Gasteiger partial charge in [0.2, 0.25) is 0 Å². The van der Waals surface area contributed by atoms with E-state index in [9.17, 15) is 24.8 Å². The number of carbonyl (C=O) groups excluding carboxylic acids is 1. The van der Waals surface area contributed by atoms with Gasteiger partial charge in [0.15, 0.2) is 5.75 Å². The van der Waals surface area contributed by atoms with Gasteiger partial charge in [0.05, 0.1) is 33.1 Å². The number of nitro benzene ring substituents is 1. The SMILES string of the molecule is O=C(O)c1ccc(C(=O)Oc2cc(O)ccc2N=Nc2ccc(N=Nc3ccc([N+](=O)[O-])cc3)cc2)cc1. The number of benzene rings is 4. The number of hydrogen-bond donors (Lipinski definition) is 2. The molecule has 0 saturated heterocycles. The molecule has 0 fully saturated rings. The molecule has 12 nitrogen and oxygen atoms in total. The summed E-state index contributed by atoms with van der Waals surface area (Å²) < 4.78 is 5.35. The molecule has 0 atom stereocenters. The second-order valence-corrected chi connectivity index (χ2v) is 7.61. The second-order valence-electron chi connectivity index (χ2n) is 7.61. The van der Waals surface area contributed by atoms with Crippen LogP contribution in [0.2, 0.25) is 0 Å². The zero-order valence-corrected chi connectivity index (χ0v) is 19.3. The summed E-state index contributed by atoms with van der Waals surface area (Å²) in [5.41, 5.74) is 1.67. The highest BCUT2D eigenvalue weighted by atomic mass is 16.6. The Morgan fingerprint density at radius 2 is 1.21 bits per heavy atom. The molecule has 0 aliphatic heterocycles. The molecule has 0 aliphatic rings. The summed E-state index contributed by atoms with van der Waals surface area (Å²) in [5.74, 6) is -2.10. The van der Waals surface area contributed by atoms with Crippen LogP contribution in [0.15, 0.2) is 111 Å². The molecule has 0 aliphatic carbocycles. The summed E-state index contributed by atoms with van der Waals surface area (Å²) in [7, 11) is 0. The summed E-state index contributed by atoms with van der Waals surface area (Å²) in [6.45, 7) is 0. The van der Waals surface area contributed by atoms with Gasteiger partial charge in [-0.2, -0.15) is 15.3 Å². The van der Waals surface area contributed by atoms with Crippen LogP contribution in [-0.4, -0.2) is 27.1 Å². The molecule has 0 heterocycles. The van der Waals surface area contributed by atoms with Crippen molar-refractivity contribution in [2.24, 2.45) is 20.5 Å². The maximum absolute atomic E-state index is 12.5. The van der Waals surface area contributed by atoms with Gasteiger partial charge in [-0.05, 0) is 72.8 Å². The number of non-ortho nitro benzene ring substituents is 1. The first kappa shape index (κ1) is 25.3. The highest BCUT2D eigenvalue weighted by Gasteiger charge is 2.14. The molecule has 0 radical (unpaired) electrons. The lowest BCUT2D eigenvalue weighted by atomic mass is 10.1. The molecule has 4 rings (SSSR count). The summed E-state index contributed by atoms with van der Waals surface area (Å²) in [4.78, 5) is 33.7. The normalized spacial score (nSPS) is 11.1. The van der Waals surface area contributed by atoms with E-state index >= 15 is 0 Å². The molecule has 0 amide bonds. The first-order chi connectivity index (χ1) is 18.3. The number of nitrogens with zero attached hydrogens (tertiary/aromatic N) is 5. The van der Waals surface area contributed by atoms with Crippen molar-refractivity contribution in [2.45, 2.75) is 0 Å². The Morgan fingerprint density at radius 3 is 1.74 bits per heavy atom. The zero-order chi connectivity index (χ0) is 27.1. The van der Waals surface area contributed by atoms with Crippen molar-refractivity contribution in [2.75, 3.05) is 0 Å². The van der Waals surface area contributed by atoms with Crippen LogP contribution in [0, 0.1) is 10.1 Å². The Bertz CT molecular complexity index is 1550. The number of azo groups is 2. The summed E-state index contributed by atoms with van der Waals surface area (Å²) in [6.07, 6.45) is 0. The van der Waals surface area contributed by atoms with E-state index in [-0.39, 0.29) is 34.0 Å². The minimum absolute atomic E-state index is 0.0206. The van der Waals surface area contributed by atoms with Crippen molar-refractivity contribution in [3.63, 3.8) is 0 Å². The Balaban J connectivity index is 1.45. The fraction of sp³-hybridized carbons (Fsp3) is 0. The smallest absolute Gasteiger partial charge is 0.343 e. The molecule has 12 heteroatoms. The van der Waals surface area contributed by atoms with Crippen LogP contribution in [0.4, 0.5) is 28.4 Å². The second kappa shape index (κ2) is 11.3. The average molecular weight is 511 g/mol. The van der Waals surface area contributed by atoms with Crippen LogP contribution in [-0.2, 0) is 0 Å². The number of aromatic carboxylic acids is 1. The fourth-order valence-corrected chi connectivity index (χ4v) is 3.03. The highest BCUT2D eigenvalue weighted by Crippen LogP contribution is 2.33. The molecule has 38 heavy (non-hydrogen) atoms. The van der Waals surface area contributed by atoms with Gasteiger partial charge in [-0.3, -0.25) is 10.1 Å². The first-order valence-corrected chi connectivity index (χ1v) is 10.8. The monoisotopic (exact) mass is 511 g/mol. The quantitative estimate of drug-likeness (QED) is 0.0836. The number of hydrogen-bond acceptors (Lipinski definition) is 10. The van der Waals surface area contributed by atoms with Crippen LogP contribution in [0.1, 0.15) is 20.7 Å². The molecular formula is C26H17N5O7. The van der Waals surface area contributed by atoms with Gasteiger partial charge in [0, 0.05) is 18.2 Å². The maximum atomic E-state index is 12.5. The molecule has 0 aromatic heterocycles. The van der Waals surface area contributed by atoms with Gasteiger partial charge in [0.1, 0.15) is 11.4 Å². The van der Waals surface area contributed by atoms with Gasteiger partial charge in [-0.25, -0.2) is 9.59 Å². The van der Waals surface area contributed by atoms with Crippen LogP contribution in [0.5, 0.6) is 11.5 Å². The van der Waals surface area contributed by atoms with Gasteiger partial charge in [-0.15, -0.1) is 5.11 Å². The molecule has 4 aromatic carbocycles. The van der Waals surface area contributed by atoms with Gasteiger partial charge >= 0.3 is 11.9 Å². The largest absolute Gasteiger partial charge is 0.508 e. The van der Waals surface area contributed by atoms with E-state index in [1.807, 2.05) is 0 Å². The van der Waals surface area contributed by atoms with E-state index in [0.29, 0.717) is 17.1 Å². The van der Waals surface area contributed by atoms with Crippen molar-refractivity contribution in [1.29, 1.82) is 0 Å². The van der Waals surface area contributed by atoms with Crippen molar-refractivity contribution in [1.82, 2.24) is 0 Å². The number of carboxylic acids is 1. The molecule has 4 aromatic rings. The number of esters is 1. The van der Waals surface area contributed by atoms with E-state index in [2.05, 4.69) is 20.5 Å². The third-order valence-corrected chi connectivity index (χ3v) is 4.98. The standard InChI is InChI=1S/C26H17N5O7/c32-22-13-14-23(24(15-22)38-26(35)17-3-1-16(2-4-17)25(33)34)30-29-19-7-5-18(6-8-19)27-28-20-9-11-21(12-10-20)31(36)37/h1-15,32H,(H,33,34). The number of carboxylic acid groups (broad SMARTS) is 1. The van der Waals surface area contributed by atoms with Crippen LogP contribution in [0.3, 0.4) is 0 Å². The molecule has 188 valence electrons. The van der Waals surface area contributed by atoms with Crippen LogP contribution in [0.25, 0.3) is 0 Å². The van der Waals surface area contributed by atoms with Gasteiger partial charge in [0.25, 0.3) is 5.69 Å². The summed E-state index contributed by atoms with van der Waals surface area (Å²) in [5, 5.41) is 45.9. The fourth-order valence-electron chi connectivity index (χ4n) is 3.03. The number of phenols is 1. The number of ether oxygens (including phenoxy) is 1. The number of nitro groups is 1. The van der Waals surface area contributed by atoms with E-state index in [1.54, 1.807) is 24.3 Å². The van der Waals surface area contributed by atoms with Gasteiger partial charge < -0.3 is 14.9 Å².